The quantitative estimate of drug-likeness (QED) is 0.581. The molecule has 0 unspecified atom stereocenters. The van der Waals surface area contributed by atoms with E-state index in [1.165, 1.54) is 0 Å². The van der Waals surface area contributed by atoms with Crippen LogP contribution in [0.5, 0.6) is 5.75 Å². The molecule has 1 aliphatic rings. The fourth-order valence-electron chi connectivity index (χ4n) is 2.22. The topological polar surface area (TPSA) is 41.9 Å². The average molecular weight is 260 g/mol. The summed E-state index contributed by atoms with van der Waals surface area (Å²) in [6.45, 7) is 7.08. The molecule has 0 aromatic heterocycles. The van der Waals surface area contributed by atoms with E-state index in [4.69, 9.17) is 4.74 Å². The first kappa shape index (κ1) is 13.6. The summed E-state index contributed by atoms with van der Waals surface area (Å²) in [5.41, 5.74) is 1.52. The van der Waals surface area contributed by atoms with Gasteiger partial charge in [-0.25, -0.2) is 0 Å². The van der Waals surface area contributed by atoms with E-state index in [0.29, 0.717) is 24.5 Å². The second-order valence-corrected chi connectivity index (χ2v) is 4.63. The first-order chi connectivity index (χ1) is 9.27. The van der Waals surface area contributed by atoms with E-state index >= 15 is 0 Å². The maximum Gasteiger partial charge on any atom is 0.227 e. The Morgan fingerprint density at radius 3 is 2.95 bits per heavy atom. The number of unbranched alkanes of at least 4 members (excludes halogenated alkanes) is 1. The molecule has 0 radical (unpaired) electrons. The van der Waals surface area contributed by atoms with Crippen molar-refractivity contribution < 1.29 is 9.53 Å². The molecule has 0 bridgehead atoms. The Kier molecular flexibility index (Phi) is 4.55. The number of nitrogens with zero attached hydrogens (tertiary/aromatic N) is 2. The predicted molar refractivity (Wildman–Crippen MR) is 77.6 cm³/mol. The van der Waals surface area contributed by atoms with E-state index in [0.717, 1.165) is 31.5 Å². The third kappa shape index (κ3) is 2.95. The van der Waals surface area contributed by atoms with Gasteiger partial charge in [0.25, 0.3) is 0 Å². The number of amides is 1. The van der Waals surface area contributed by atoms with Crippen LogP contribution in [0.4, 0.5) is 11.4 Å². The fourth-order valence-corrected chi connectivity index (χ4v) is 2.22. The van der Waals surface area contributed by atoms with Crippen molar-refractivity contribution in [1.82, 2.24) is 0 Å². The Balaban J connectivity index is 2.30. The Morgan fingerprint density at radius 2 is 2.32 bits per heavy atom. The number of ether oxygens (including phenoxy) is 1. The lowest BCUT2D eigenvalue weighted by atomic mass is 10.2. The van der Waals surface area contributed by atoms with E-state index < -0.39 is 0 Å². The van der Waals surface area contributed by atoms with Gasteiger partial charge in [0, 0.05) is 13.0 Å². The first-order valence-electron chi connectivity index (χ1n) is 6.80. The number of carbonyl (C=O) groups is 1. The van der Waals surface area contributed by atoms with Crippen LogP contribution in [0.15, 0.2) is 23.2 Å². The predicted octanol–water partition coefficient (Wildman–Crippen LogP) is 3.32. The normalized spacial score (nSPS) is 14.8. The molecule has 1 aromatic rings. The van der Waals surface area contributed by atoms with Crippen molar-refractivity contribution >= 4 is 24.0 Å². The molecule has 102 valence electrons. The second-order valence-electron chi connectivity index (χ2n) is 4.63. The smallest absolute Gasteiger partial charge is 0.227 e. The molecule has 1 amide bonds. The van der Waals surface area contributed by atoms with Gasteiger partial charge < -0.3 is 9.64 Å². The maximum absolute atomic E-state index is 11.9. The van der Waals surface area contributed by atoms with Crippen molar-refractivity contribution in [2.24, 2.45) is 4.99 Å². The highest BCUT2D eigenvalue weighted by Gasteiger charge is 2.25. The molecule has 0 saturated carbocycles. The molecule has 19 heavy (non-hydrogen) atoms. The minimum absolute atomic E-state index is 0.154. The van der Waals surface area contributed by atoms with Crippen LogP contribution in [-0.4, -0.2) is 25.8 Å². The van der Waals surface area contributed by atoms with Crippen LogP contribution in [-0.2, 0) is 4.79 Å². The zero-order chi connectivity index (χ0) is 13.7. The molecule has 0 spiro atoms. The molecule has 1 saturated heterocycles. The van der Waals surface area contributed by atoms with Gasteiger partial charge in [0.2, 0.25) is 5.91 Å². The largest absolute Gasteiger partial charge is 0.489 e. The molecule has 0 atom stereocenters. The number of benzene rings is 1. The van der Waals surface area contributed by atoms with E-state index in [1.807, 2.05) is 18.2 Å². The van der Waals surface area contributed by atoms with Crippen LogP contribution in [0.25, 0.3) is 0 Å². The highest BCUT2D eigenvalue weighted by atomic mass is 16.5. The van der Waals surface area contributed by atoms with Crippen LogP contribution in [0.2, 0.25) is 0 Å². The fraction of sp³-hybridized carbons (Fsp3) is 0.467. The highest BCUT2D eigenvalue weighted by molar-refractivity contribution is 5.97. The van der Waals surface area contributed by atoms with Gasteiger partial charge in [-0.2, -0.15) is 0 Å². The Hall–Kier alpha value is -1.84. The molecular formula is C15H20N2O2. The van der Waals surface area contributed by atoms with Crippen LogP contribution < -0.4 is 9.64 Å². The third-order valence-electron chi connectivity index (χ3n) is 3.25. The summed E-state index contributed by atoms with van der Waals surface area (Å²) in [5.74, 6) is 0.836. The molecule has 2 rings (SSSR count). The summed E-state index contributed by atoms with van der Waals surface area (Å²) < 4.78 is 5.83. The summed E-state index contributed by atoms with van der Waals surface area (Å²) >= 11 is 0. The number of rotatable bonds is 6. The van der Waals surface area contributed by atoms with Crippen LogP contribution in [0, 0.1) is 0 Å². The van der Waals surface area contributed by atoms with Gasteiger partial charge in [0.05, 0.1) is 12.3 Å². The SMILES string of the molecule is C=Nc1cccc(N2CCCC2=O)c1OCCCC. The molecule has 4 nitrogen and oxygen atoms in total. The van der Waals surface area contributed by atoms with E-state index in [2.05, 4.69) is 18.6 Å². The van der Waals surface area contributed by atoms with E-state index in [9.17, 15) is 4.79 Å². The van der Waals surface area contributed by atoms with Gasteiger partial charge in [-0.1, -0.05) is 19.4 Å². The minimum Gasteiger partial charge on any atom is -0.489 e. The van der Waals surface area contributed by atoms with Gasteiger partial charge in [-0.05, 0) is 31.7 Å². The molecule has 1 aliphatic heterocycles. The monoisotopic (exact) mass is 260 g/mol. The summed E-state index contributed by atoms with van der Waals surface area (Å²) in [4.78, 5) is 17.7. The summed E-state index contributed by atoms with van der Waals surface area (Å²) in [6, 6.07) is 5.66. The zero-order valence-corrected chi connectivity index (χ0v) is 11.4. The summed E-state index contributed by atoms with van der Waals surface area (Å²) in [5, 5.41) is 0. The second kappa shape index (κ2) is 6.36. The number of hydrogen-bond donors (Lipinski definition) is 0. The van der Waals surface area contributed by atoms with Gasteiger partial charge in [0.15, 0.2) is 5.75 Å². The summed E-state index contributed by atoms with van der Waals surface area (Å²) in [6.07, 6.45) is 3.57. The van der Waals surface area contributed by atoms with Crippen LogP contribution in [0.1, 0.15) is 32.6 Å². The molecule has 0 N–H and O–H groups in total. The van der Waals surface area contributed by atoms with Crippen molar-refractivity contribution in [2.45, 2.75) is 32.6 Å². The van der Waals surface area contributed by atoms with E-state index in [-0.39, 0.29) is 5.91 Å². The average Bonchev–Trinajstić information content (AvgIpc) is 2.85. The lowest BCUT2D eigenvalue weighted by Crippen LogP contribution is -2.24. The number of hydrogen-bond acceptors (Lipinski definition) is 3. The molecule has 1 aromatic carbocycles. The van der Waals surface area contributed by atoms with Crippen molar-refractivity contribution in [3.05, 3.63) is 18.2 Å². The molecule has 0 aliphatic carbocycles. The number of para-hydroxylation sites is 1. The standard InChI is InChI=1S/C15H20N2O2/c1-3-4-11-19-15-12(16-2)7-5-8-13(15)17-10-6-9-14(17)18/h5,7-8H,2-4,6,9-11H2,1H3. The highest BCUT2D eigenvalue weighted by Crippen LogP contribution is 2.39. The summed E-state index contributed by atoms with van der Waals surface area (Å²) in [7, 11) is 0. The van der Waals surface area contributed by atoms with Crippen molar-refractivity contribution in [2.75, 3.05) is 18.1 Å². The zero-order valence-electron chi connectivity index (χ0n) is 11.4. The minimum atomic E-state index is 0.154. The molecule has 1 fully saturated rings. The molecule has 4 heteroatoms. The van der Waals surface area contributed by atoms with Crippen molar-refractivity contribution in [3.63, 3.8) is 0 Å². The van der Waals surface area contributed by atoms with Gasteiger partial charge in [-0.15, -0.1) is 0 Å². The number of carbonyl (C=O) groups excluding carboxylic acids is 1. The Morgan fingerprint density at radius 1 is 1.47 bits per heavy atom. The molecule has 1 heterocycles. The third-order valence-corrected chi connectivity index (χ3v) is 3.25. The lowest BCUT2D eigenvalue weighted by molar-refractivity contribution is -0.117. The Bertz CT molecular complexity index is 471. The molecular weight excluding hydrogens is 240 g/mol. The van der Waals surface area contributed by atoms with E-state index in [1.54, 1.807) is 4.90 Å². The lowest BCUT2D eigenvalue weighted by Gasteiger charge is -2.21. The van der Waals surface area contributed by atoms with Gasteiger partial charge >= 0.3 is 0 Å². The number of aliphatic imine (C=N–C) groups is 1. The van der Waals surface area contributed by atoms with Gasteiger partial charge in [0.1, 0.15) is 5.69 Å². The van der Waals surface area contributed by atoms with Crippen molar-refractivity contribution in [1.29, 1.82) is 0 Å². The Labute approximate surface area is 114 Å². The first-order valence-corrected chi connectivity index (χ1v) is 6.80. The van der Waals surface area contributed by atoms with Crippen LogP contribution >= 0.6 is 0 Å². The van der Waals surface area contributed by atoms with Crippen molar-refractivity contribution in [3.8, 4) is 5.75 Å². The van der Waals surface area contributed by atoms with Crippen LogP contribution in [0.3, 0.4) is 0 Å². The van der Waals surface area contributed by atoms with Gasteiger partial charge in [-0.3, -0.25) is 9.79 Å². The maximum atomic E-state index is 11.9. The number of anilines is 1.